The number of carbonyl (C=O) groups excluding carboxylic acids is 7. The molecule has 252 valence electrons. The minimum Gasteiger partial charge on any atom is -0.506 e. The number of β-amino-alcohol motifs (C(OH)–C–C–N with tert-alkyl or cyclic N) is 1. The fraction of sp³-hybridized carbons (Fsp3) is 0.536. The van der Waals surface area contributed by atoms with Gasteiger partial charge in [-0.05, 0) is 82.6 Å². The lowest BCUT2D eigenvalue weighted by Crippen LogP contribution is -2.57. The van der Waals surface area contributed by atoms with Gasteiger partial charge in [-0.2, -0.15) is 0 Å². The van der Waals surface area contributed by atoms with Crippen LogP contribution in [0.15, 0.2) is 12.1 Å². The molecule has 7 amide bonds. The van der Waals surface area contributed by atoms with Crippen molar-refractivity contribution in [1.82, 2.24) is 31.1 Å². The second-order valence-electron chi connectivity index (χ2n) is 11.1. The molecule has 5 atom stereocenters. The van der Waals surface area contributed by atoms with Gasteiger partial charge in [0.2, 0.25) is 41.4 Å². The van der Waals surface area contributed by atoms with Crippen LogP contribution in [0.1, 0.15) is 38.7 Å². The van der Waals surface area contributed by atoms with Crippen LogP contribution in [0.25, 0.3) is 0 Å². The average molecular weight is 869 g/mol. The number of hydrogen-bond donors (Lipinski definition) is 7. The van der Waals surface area contributed by atoms with E-state index in [4.69, 9.17) is 5.73 Å². The second kappa shape index (κ2) is 16.5. The molecule has 0 aromatic heterocycles. The number of primary amides is 1. The van der Waals surface area contributed by atoms with Gasteiger partial charge in [-0.15, -0.1) is 0 Å². The van der Waals surface area contributed by atoms with Crippen molar-refractivity contribution in [2.24, 2.45) is 5.73 Å². The highest BCUT2D eigenvalue weighted by molar-refractivity contribution is 14.1. The molecular formula is C28H37I2N7O9. The van der Waals surface area contributed by atoms with Gasteiger partial charge in [0.1, 0.15) is 29.9 Å². The molecule has 2 aliphatic heterocycles. The van der Waals surface area contributed by atoms with E-state index in [2.05, 4.69) is 21.3 Å². The van der Waals surface area contributed by atoms with E-state index in [0.717, 1.165) is 0 Å². The summed E-state index contributed by atoms with van der Waals surface area (Å²) in [5, 5.41) is 30.2. The van der Waals surface area contributed by atoms with Gasteiger partial charge >= 0.3 is 0 Å². The van der Waals surface area contributed by atoms with Gasteiger partial charge in [-0.3, -0.25) is 33.6 Å². The number of amides is 7. The number of aromatic hydroxyl groups is 1. The van der Waals surface area contributed by atoms with Gasteiger partial charge < -0.3 is 47.0 Å². The van der Waals surface area contributed by atoms with E-state index < -0.39 is 84.7 Å². The van der Waals surface area contributed by atoms with Gasteiger partial charge in [-0.25, -0.2) is 0 Å². The number of benzene rings is 1. The Morgan fingerprint density at radius 1 is 1.00 bits per heavy atom. The zero-order valence-electron chi connectivity index (χ0n) is 25.2. The van der Waals surface area contributed by atoms with Crippen LogP contribution in [0, 0.1) is 7.14 Å². The number of aliphatic hydroxyl groups excluding tert-OH is 1. The van der Waals surface area contributed by atoms with Crippen LogP contribution in [0.2, 0.25) is 0 Å². The molecule has 1 aromatic rings. The number of rotatable bonds is 12. The van der Waals surface area contributed by atoms with Crippen molar-refractivity contribution in [2.45, 2.75) is 69.8 Å². The maximum Gasteiger partial charge on any atom is 0.246 e. The standard InChI is InChI=1S/C28H37I2N7O9/c1-13(25(43)32-10-22(31)40)34-23(41)11-33-26(44)21-9-16(39)12-37(21)28(46)20-4-3-5-36(20)27(45)19(35-14(2)38)8-15-6-17(29)24(42)18(30)7-15/h6-7,13,16,19-21,39,42H,3-5,8-12H2,1-2H3,(H2,31,40)(H,32,43)(H,33,44)(H,34,41)(H,35,38)/t13-,16-,19-,20-,21-/m1/s1. The average Bonchev–Trinajstić information content (AvgIpc) is 3.63. The van der Waals surface area contributed by atoms with Crippen molar-refractivity contribution in [3.63, 3.8) is 0 Å². The molecule has 0 bridgehead atoms. The number of nitrogens with two attached hydrogens (primary N) is 1. The molecule has 0 radical (unpaired) electrons. The molecule has 0 aliphatic carbocycles. The molecule has 3 rings (SSSR count). The van der Waals surface area contributed by atoms with Crippen LogP contribution in [0.3, 0.4) is 0 Å². The Morgan fingerprint density at radius 2 is 1.65 bits per heavy atom. The van der Waals surface area contributed by atoms with E-state index in [1.54, 1.807) is 12.1 Å². The molecule has 0 unspecified atom stereocenters. The maximum atomic E-state index is 13.8. The highest BCUT2D eigenvalue weighted by atomic mass is 127. The molecule has 2 heterocycles. The lowest BCUT2D eigenvalue weighted by molar-refractivity contribution is -0.148. The van der Waals surface area contributed by atoms with E-state index in [9.17, 15) is 43.8 Å². The molecule has 0 saturated carbocycles. The number of nitrogens with one attached hydrogen (secondary N) is 4. The third-order valence-corrected chi connectivity index (χ3v) is 9.15. The lowest BCUT2D eigenvalue weighted by atomic mass is 10.0. The van der Waals surface area contributed by atoms with Gasteiger partial charge in [0.15, 0.2) is 0 Å². The molecule has 8 N–H and O–H groups in total. The summed E-state index contributed by atoms with van der Waals surface area (Å²) in [7, 11) is 0. The number of hydrogen-bond acceptors (Lipinski definition) is 9. The molecule has 46 heavy (non-hydrogen) atoms. The Labute approximate surface area is 292 Å². The van der Waals surface area contributed by atoms with Crippen molar-refractivity contribution >= 4 is 86.5 Å². The normalized spacial score (nSPS) is 20.4. The van der Waals surface area contributed by atoms with Crippen LogP contribution < -0.4 is 27.0 Å². The summed E-state index contributed by atoms with van der Waals surface area (Å²) in [6, 6.07) is -0.653. The van der Waals surface area contributed by atoms with Crippen LogP contribution in [0.4, 0.5) is 0 Å². The first-order valence-electron chi connectivity index (χ1n) is 14.4. The Kier molecular flexibility index (Phi) is 13.4. The molecule has 2 fully saturated rings. The molecular weight excluding hydrogens is 832 g/mol. The number of nitrogens with zero attached hydrogens (tertiary/aromatic N) is 2. The first kappa shape index (κ1) is 37.2. The minimum absolute atomic E-state index is 0.0849. The first-order valence-corrected chi connectivity index (χ1v) is 16.6. The third-order valence-electron chi connectivity index (χ3n) is 7.51. The smallest absolute Gasteiger partial charge is 0.246 e. The Hall–Kier alpha value is -3.27. The summed E-state index contributed by atoms with van der Waals surface area (Å²) >= 11 is 3.95. The highest BCUT2D eigenvalue weighted by Crippen LogP contribution is 2.29. The quantitative estimate of drug-likeness (QED) is 0.113. The lowest BCUT2D eigenvalue weighted by Gasteiger charge is -2.32. The van der Waals surface area contributed by atoms with Crippen LogP contribution >= 0.6 is 45.2 Å². The molecule has 18 heteroatoms. The van der Waals surface area contributed by atoms with E-state index in [1.807, 2.05) is 45.2 Å². The van der Waals surface area contributed by atoms with Gasteiger partial charge in [0, 0.05) is 32.9 Å². The highest BCUT2D eigenvalue weighted by Gasteiger charge is 2.45. The SMILES string of the molecule is CC(=O)N[C@H](Cc1cc(I)c(O)c(I)c1)C(=O)N1CCC[C@@H]1C(=O)N1C[C@H](O)C[C@@H]1C(=O)NCC(=O)N[C@H](C)C(=O)NCC(N)=O. The van der Waals surface area contributed by atoms with Crippen molar-refractivity contribution in [1.29, 1.82) is 0 Å². The monoisotopic (exact) mass is 869 g/mol. The Bertz CT molecular complexity index is 1370. The summed E-state index contributed by atoms with van der Waals surface area (Å²) in [5.41, 5.74) is 5.68. The van der Waals surface area contributed by atoms with Crippen molar-refractivity contribution < 1.29 is 43.8 Å². The summed E-state index contributed by atoms with van der Waals surface area (Å²) < 4.78 is 1.16. The van der Waals surface area contributed by atoms with Crippen molar-refractivity contribution in [3.05, 3.63) is 24.8 Å². The van der Waals surface area contributed by atoms with Gasteiger partial charge in [0.05, 0.1) is 26.3 Å². The number of phenolic OH excluding ortho intramolecular Hbond substituents is 1. The van der Waals surface area contributed by atoms with Gasteiger partial charge in [-0.1, -0.05) is 0 Å². The van der Waals surface area contributed by atoms with E-state index in [-0.39, 0.29) is 31.7 Å². The number of aliphatic hydroxyl groups is 1. The number of halogens is 2. The summed E-state index contributed by atoms with van der Waals surface area (Å²) in [5.74, 6) is -4.16. The maximum absolute atomic E-state index is 13.8. The molecule has 1 aromatic carbocycles. The minimum atomic E-state index is -1.11. The largest absolute Gasteiger partial charge is 0.506 e. The molecule has 2 saturated heterocycles. The van der Waals surface area contributed by atoms with Crippen LogP contribution in [0.5, 0.6) is 5.75 Å². The predicted octanol–water partition coefficient (Wildman–Crippen LogP) is -2.18. The fourth-order valence-electron chi connectivity index (χ4n) is 5.37. The molecule has 0 spiro atoms. The number of carbonyl (C=O) groups is 7. The van der Waals surface area contributed by atoms with Gasteiger partial charge in [0.25, 0.3) is 0 Å². The first-order chi connectivity index (χ1) is 21.6. The summed E-state index contributed by atoms with van der Waals surface area (Å²) in [4.78, 5) is 90.4. The van der Waals surface area contributed by atoms with E-state index >= 15 is 0 Å². The van der Waals surface area contributed by atoms with Crippen LogP contribution in [-0.4, -0.2) is 118 Å². The topological polar surface area (TPSA) is 241 Å². The predicted molar refractivity (Wildman–Crippen MR) is 179 cm³/mol. The third kappa shape index (κ3) is 9.86. The second-order valence-corrected chi connectivity index (χ2v) is 13.5. The van der Waals surface area contributed by atoms with Crippen molar-refractivity contribution in [3.8, 4) is 5.75 Å². The van der Waals surface area contributed by atoms with E-state index in [1.165, 1.54) is 23.6 Å². The number of phenols is 1. The zero-order chi connectivity index (χ0) is 34.3. The Morgan fingerprint density at radius 3 is 2.26 bits per heavy atom. The molecule has 2 aliphatic rings. The summed E-state index contributed by atoms with van der Waals surface area (Å²) in [6.07, 6.45) is -0.172. The van der Waals surface area contributed by atoms with E-state index in [0.29, 0.717) is 25.5 Å². The van der Waals surface area contributed by atoms with Crippen molar-refractivity contribution in [2.75, 3.05) is 26.2 Å². The zero-order valence-corrected chi connectivity index (χ0v) is 29.5. The fourth-order valence-corrected chi connectivity index (χ4v) is 7.27. The Balaban J connectivity index is 1.67. The summed E-state index contributed by atoms with van der Waals surface area (Å²) in [6.45, 7) is 1.82. The molecule has 16 nitrogen and oxygen atoms in total. The number of likely N-dealkylation sites (tertiary alicyclic amines) is 2. The van der Waals surface area contributed by atoms with Crippen LogP contribution in [-0.2, 0) is 40.0 Å².